The Morgan fingerprint density at radius 1 is 0.744 bits per heavy atom. The van der Waals surface area contributed by atoms with Crippen molar-refractivity contribution >= 4 is 34.8 Å². The summed E-state index contributed by atoms with van der Waals surface area (Å²) in [5, 5.41) is 6.95. The van der Waals surface area contributed by atoms with Gasteiger partial charge in [-0.25, -0.2) is 0 Å². The van der Waals surface area contributed by atoms with Crippen molar-refractivity contribution in [1.82, 2.24) is 10.6 Å². The van der Waals surface area contributed by atoms with Gasteiger partial charge < -0.3 is 26.2 Å². The average molecular weight is 592 g/mol. The fourth-order valence-electron chi connectivity index (χ4n) is 6.77. The normalized spacial score (nSPS) is 21.5. The number of carbonyl (C=O) groups excluding carboxylic acids is 2. The third-order valence-corrected chi connectivity index (χ3v) is 9.17. The van der Waals surface area contributed by atoms with Gasteiger partial charge in [0, 0.05) is 24.2 Å². The number of halogens is 1. The lowest BCUT2D eigenvalue weighted by Gasteiger charge is -2.44. The van der Waals surface area contributed by atoms with Gasteiger partial charge in [-0.05, 0) is 72.7 Å². The molecule has 0 aliphatic carbocycles. The summed E-state index contributed by atoms with van der Waals surface area (Å²) < 4.78 is 0. The summed E-state index contributed by atoms with van der Waals surface area (Å²) in [6.45, 7) is 3.87. The third kappa shape index (κ3) is 4.92. The van der Waals surface area contributed by atoms with Gasteiger partial charge in [-0.1, -0.05) is 77.8 Å². The maximum atomic E-state index is 12.5. The molecule has 0 fully saturated rings. The van der Waals surface area contributed by atoms with E-state index in [-0.39, 0.29) is 30.2 Å². The standard InChI is InChI=1S/C18H19N3O.C17H15ClN2O/c1-11-5-7-12(8-6-11)17-20-18(22)14-4-2-3-13-15(19)9-10-21(17)16(13)14;18-13-8-6-12(7-9-13)16-19-17(21)14-5-1-3-11-4-2-10-20(16)15(11)14/h2-8,15,17H,9-10,19H2,1H3,(H,20,22);1,3,5-9,16H,2,4,10H2,(H,19,21)/t15-,17+;16-/m00/s1. The van der Waals surface area contributed by atoms with E-state index in [1.165, 1.54) is 11.1 Å². The lowest BCUT2D eigenvalue weighted by atomic mass is 9.90. The van der Waals surface area contributed by atoms with Crippen molar-refractivity contribution < 1.29 is 9.59 Å². The fraction of sp³-hybridized carbons (Fsp3) is 0.257. The van der Waals surface area contributed by atoms with Gasteiger partial charge in [0.05, 0.1) is 22.5 Å². The zero-order chi connectivity index (χ0) is 29.7. The van der Waals surface area contributed by atoms with Crippen LogP contribution >= 0.6 is 11.6 Å². The second kappa shape index (κ2) is 11.1. The smallest absolute Gasteiger partial charge is 0.255 e. The number of benzene rings is 4. The van der Waals surface area contributed by atoms with Crippen LogP contribution in [0.2, 0.25) is 5.02 Å². The predicted molar refractivity (Wildman–Crippen MR) is 170 cm³/mol. The molecule has 4 heterocycles. The largest absolute Gasteiger partial charge is 0.347 e. The Kier molecular flexibility index (Phi) is 7.07. The summed E-state index contributed by atoms with van der Waals surface area (Å²) in [5.41, 5.74) is 15.6. The van der Waals surface area contributed by atoms with Crippen molar-refractivity contribution in [2.75, 3.05) is 22.9 Å². The zero-order valence-electron chi connectivity index (χ0n) is 24.0. The first-order chi connectivity index (χ1) is 20.9. The predicted octanol–water partition coefficient (Wildman–Crippen LogP) is 6.18. The summed E-state index contributed by atoms with van der Waals surface area (Å²) in [6, 6.07) is 27.9. The molecule has 0 aromatic heterocycles. The topological polar surface area (TPSA) is 90.7 Å². The van der Waals surface area contributed by atoms with Gasteiger partial charge in [0.2, 0.25) is 0 Å². The number of aryl methyl sites for hydroxylation is 2. The SMILES string of the molecule is Cc1ccc([C@@H]2NC(=O)c3cccc4c3N2CC[C@@H]4N)cc1.O=C1N[C@H](c2ccc(Cl)cc2)N2CCCc3cccc1c32. The van der Waals surface area contributed by atoms with Crippen LogP contribution in [0.25, 0.3) is 0 Å². The molecule has 0 bridgehead atoms. The lowest BCUT2D eigenvalue weighted by Crippen LogP contribution is -2.49. The fourth-order valence-corrected chi connectivity index (χ4v) is 6.90. The Bertz CT molecular complexity index is 1700. The summed E-state index contributed by atoms with van der Waals surface area (Å²) >= 11 is 5.97. The molecule has 8 rings (SSSR count). The van der Waals surface area contributed by atoms with Gasteiger partial charge in [-0.3, -0.25) is 9.59 Å². The molecule has 0 unspecified atom stereocenters. The van der Waals surface area contributed by atoms with Crippen molar-refractivity contribution in [1.29, 1.82) is 0 Å². The van der Waals surface area contributed by atoms with E-state index in [1.807, 2.05) is 54.6 Å². The van der Waals surface area contributed by atoms with Crippen LogP contribution in [-0.2, 0) is 6.42 Å². The third-order valence-electron chi connectivity index (χ3n) is 8.91. The van der Waals surface area contributed by atoms with E-state index in [0.717, 1.165) is 71.5 Å². The molecule has 7 nitrogen and oxygen atoms in total. The maximum absolute atomic E-state index is 12.5. The molecule has 2 amide bonds. The van der Waals surface area contributed by atoms with E-state index in [0.29, 0.717) is 5.02 Å². The van der Waals surface area contributed by atoms with Crippen LogP contribution < -0.4 is 26.2 Å². The number of nitrogens with two attached hydrogens (primary N) is 1. The number of rotatable bonds is 2. The number of amides is 2. The molecule has 4 N–H and O–H groups in total. The zero-order valence-corrected chi connectivity index (χ0v) is 24.8. The highest BCUT2D eigenvalue weighted by Crippen LogP contribution is 2.42. The Morgan fingerprint density at radius 2 is 1.33 bits per heavy atom. The van der Waals surface area contributed by atoms with Crippen LogP contribution in [0.5, 0.6) is 0 Å². The van der Waals surface area contributed by atoms with E-state index in [4.69, 9.17) is 17.3 Å². The van der Waals surface area contributed by atoms with E-state index in [9.17, 15) is 9.59 Å². The van der Waals surface area contributed by atoms with Crippen LogP contribution in [0.4, 0.5) is 11.4 Å². The number of hydrogen-bond donors (Lipinski definition) is 3. The highest BCUT2D eigenvalue weighted by molar-refractivity contribution is 6.30. The summed E-state index contributed by atoms with van der Waals surface area (Å²) in [6.07, 6.45) is 2.82. The molecule has 43 heavy (non-hydrogen) atoms. The monoisotopic (exact) mass is 591 g/mol. The Balaban J connectivity index is 0.000000140. The Morgan fingerprint density at radius 3 is 2.00 bits per heavy atom. The molecule has 4 aromatic rings. The Hall–Kier alpha value is -4.33. The van der Waals surface area contributed by atoms with E-state index >= 15 is 0 Å². The second-order valence-corrected chi connectivity index (χ2v) is 12.1. The van der Waals surface area contributed by atoms with Crippen LogP contribution in [-0.4, -0.2) is 24.9 Å². The van der Waals surface area contributed by atoms with Crippen LogP contribution in [0.3, 0.4) is 0 Å². The minimum atomic E-state index is -0.116. The molecule has 0 spiro atoms. The lowest BCUT2D eigenvalue weighted by molar-refractivity contribution is 0.0917. The van der Waals surface area contributed by atoms with Gasteiger partial charge in [-0.15, -0.1) is 0 Å². The number of carbonyl (C=O) groups is 2. The van der Waals surface area contributed by atoms with Gasteiger partial charge in [0.15, 0.2) is 0 Å². The second-order valence-electron chi connectivity index (χ2n) is 11.7. The van der Waals surface area contributed by atoms with Crippen LogP contribution in [0.1, 0.15) is 79.7 Å². The van der Waals surface area contributed by atoms with Crippen molar-refractivity contribution in [3.63, 3.8) is 0 Å². The summed E-state index contributed by atoms with van der Waals surface area (Å²) in [7, 11) is 0. The number of anilines is 2. The number of nitrogens with one attached hydrogen (secondary N) is 2. The highest BCUT2D eigenvalue weighted by Gasteiger charge is 2.37. The molecule has 8 heteroatoms. The minimum Gasteiger partial charge on any atom is -0.347 e. The molecule has 0 radical (unpaired) electrons. The van der Waals surface area contributed by atoms with E-state index in [2.05, 4.69) is 57.7 Å². The van der Waals surface area contributed by atoms with E-state index in [1.54, 1.807) is 0 Å². The summed E-state index contributed by atoms with van der Waals surface area (Å²) in [5.74, 6) is -0.0160. The first-order valence-electron chi connectivity index (χ1n) is 14.9. The number of hydrogen-bond acceptors (Lipinski definition) is 5. The summed E-state index contributed by atoms with van der Waals surface area (Å²) in [4.78, 5) is 29.5. The van der Waals surface area contributed by atoms with Crippen molar-refractivity contribution in [3.8, 4) is 0 Å². The molecular weight excluding hydrogens is 558 g/mol. The molecule has 4 aromatic carbocycles. The molecule has 218 valence electrons. The first-order valence-corrected chi connectivity index (χ1v) is 15.2. The van der Waals surface area contributed by atoms with Crippen LogP contribution in [0.15, 0.2) is 84.9 Å². The van der Waals surface area contributed by atoms with Crippen molar-refractivity contribution in [2.45, 2.75) is 44.6 Å². The number of para-hydroxylation sites is 2. The molecule has 4 aliphatic rings. The highest BCUT2D eigenvalue weighted by atomic mass is 35.5. The molecular formula is C35H34ClN5O2. The van der Waals surface area contributed by atoms with Gasteiger partial charge in [0.1, 0.15) is 12.3 Å². The molecule has 4 aliphatic heterocycles. The van der Waals surface area contributed by atoms with Gasteiger partial charge in [-0.2, -0.15) is 0 Å². The average Bonchev–Trinajstić information content (AvgIpc) is 3.03. The van der Waals surface area contributed by atoms with Gasteiger partial charge in [0.25, 0.3) is 11.8 Å². The first kappa shape index (κ1) is 27.5. The molecule has 3 atom stereocenters. The van der Waals surface area contributed by atoms with Crippen molar-refractivity contribution in [2.24, 2.45) is 5.73 Å². The van der Waals surface area contributed by atoms with Crippen LogP contribution in [0, 0.1) is 6.92 Å². The molecule has 0 saturated heterocycles. The Labute approximate surface area is 256 Å². The molecule has 0 saturated carbocycles. The quantitative estimate of drug-likeness (QED) is 0.259. The van der Waals surface area contributed by atoms with Gasteiger partial charge >= 0.3 is 0 Å². The van der Waals surface area contributed by atoms with Crippen molar-refractivity contribution in [3.05, 3.63) is 129 Å². The maximum Gasteiger partial charge on any atom is 0.255 e. The minimum absolute atomic E-state index is 0.00458. The number of nitrogens with zero attached hydrogens (tertiary/aromatic N) is 2. The van der Waals surface area contributed by atoms with E-state index < -0.39 is 0 Å².